The van der Waals surface area contributed by atoms with Crippen LogP contribution in [0.5, 0.6) is 11.5 Å². The molecule has 4 heteroatoms. The molecule has 3 rings (SSSR count). The molecule has 1 unspecified atom stereocenters. The van der Waals surface area contributed by atoms with Crippen LogP contribution in [0, 0.1) is 0 Å². The van der Waals surface area contributed by atoms with Crippen molar-refractivity contribution in [2.75, 3.05) is 26.3 Å². The number of hydrogen-bond donors (Lipinski definition) is 1. The van der Waals surface area contributed by atoms with E-state index in [1.165, 1.54) is 12.8 Å². The van der Waals surface area contributed by atoms with Gasteiger partial charge in [0.15, 0.2) is 11.5 Å². The van der Waals surface area contributed by atoms with Gasteiger partial charge in [0.2, 0.25) is 0 Å². The Morgan fingerprint density at radius 1 is 1.10 bits per heavy atom. The molecule has 1 atom stereocenters. The Kier molecular flexibility index (Phi) is 3.61. The van der Waals surface area contributed by atoms with Crippen molar-refractivity contribution in [2.45, 2.75) is 38.3 Å². The molecule has 2 heterocycles. The maximum atomic E-state index is 6.55. The van der Waals surface area contributed by atoms with Crippen LogP contribution in [0.4, 0.5) is 0 Å². The van der Waals surface area contributed by atoms with Gasteiger partial charge in [0.1, 0.15) is 13.2 Å². The van der Waals surface area contributed by atoms with E-state index in [0.29, 0.717) is 13.2 Å². The number of benzene rings is 1. The Morgan fingerprint density at radius 2 is 1.75 bits per heavy atom. The summed E-state index contributed by atoms with van der Waals surface area (Å²) in [7, 11) is 0. The molecule has 110 valence electrons. The zero-order chi connectivity index (χ0) is 14.2. The maximum Gasteiger partial charge on any atom is 0.161 e. The van der Waals surface area contributed by atoms with E-state index in [-0.39, 0.29) is 11.6 Å². The van der Waals surface area contributed by atoms with E-state index in [9.17, 15) is 0 Å². The summed E-state index contributed by atoms with van der Waals surface area (Å²) < 4.78 is 11.2. The van der Waals surface area contributed by atoms with E-state index in [0.717, 1.165) is 30.2 Å². The SMILES string of the molecule is CC(C)(C(N)c1ccc2c(c1)OCCO2)N1CCCC1. The first-order chi connectivity index (χ1) is 9.59. The first kappa shape index (κ1) is 13.7. The molecule has 1 aromatic carbocycles. The lowest BCUT2D eigenvalue weighted by Crippen LogP contribution is -2.49. The van der Waals surface area contributed by atoms with E-state index < -0.39 is 0 Å². The number of nitrogens with two attached hydrogens (primary N) is 1. The van der Waals surface area contributed by atoms with Crippen molar-refractivity contribution in [1.29, 1.82) is 0 Å². The maximum absolute atomic E-state index is 6.55. The third kappa shape index (κ3) is 2.38. The minimum absolute atomic E-state index is 0.0311. The van der Waals surface area contributed by atoms with Gasteiger partial charge < -0.3 is 15.2 Å². The highest BCUT2D eigenvalue weighted by Gasteiger charge is 2.35. The van der Waals surface area contributed by atoms with Gasteiger partial charge in [-0.25, -0.2) is 0 Å². The molecule has 2 aliphatic heterocycles. The average molecular weight is 276 g/mol. The minimum atomic E-state index is -0.0414. The Balaban J connectivity index is 1.84. The topological polar surface area (TPSA) is 47.7 Å². The third-order valence-corrected chi connectivity index (χ3v) is 4.61. The average Bonchev–Trinajstić information content (AvgIpc) is 3.01. The first-order valence-electron chi connectivity index (χ1n) is 7.49. The van der Waals surface area contributed by atoms with Gasteiger partial charge in [-0.15, -0.1) is 0 Å². The quantitative estimate of drug-likeness (QED) is 0.920. The standard InChI is InChI=1S/C16H24N2O2/c1-16(2,18-7-3-4-8-18)15(17)12-5-6-13-14(11-12)20-10-9-19-13/h5-6,11,15H,3-4,7-10,17H2,1-2H3. The number of rotatable bonds is 3. The Hall–Kier alpha value is -1.26. The lowest BCUT2D eigenvalue weighted by molar-refractivity contribution is 0.123. The monoisotopic (exact) mass is 276 g/mol. The van der Waals surface area contributed by atoms with Crippen molar-refractivity contribution in [1.82, 2.24) is 4.90 Å². The number of fused-ring (bicyclic) bond motifs is 1. The van der Waals surface area contributed by atoms with E-state index in [2.05, 4.69) is 24.8 Å². The van der Waals surface area contributed by atoms with Crippen LogP contribution in [0.1, 0.15) is 38.3 Å². The molecule has 1 saturated heterocycles. The molecule has 2 aliphatic rings. The summed E-state index contributed by atoms with van der Waals surface area (Å²) in [6, 6.07) is 6.05. The Bertz CT molecular complexity index is 481. The molecule has 0 amide bonds. The number of ether oxygens (including phenoxy) is 2. The fourth-order valence-electron chi connectivity index (χ4n) is 3.15. The second-order valence-corrected chi connectivity index (χ2v) is 6.23. The second kappa shape index (κ2) is 5.26. The highest BCUT2D eigenvalue weighted by atomic mass is 16.6. The molecule has 2 N–H and O–H groups in total. The zero-order valence-electron chi connectivity index (χ0n) is 12.4. The summed E-state index contributed by atoms with van der Waals surface area (Å²) in [5.41, 5.74) is 7.62. The summed E-state index contributed by atoms with van der Waals surface area (Å²) in [5, 5.41) is 0. The molecule has 4 nitrogen and oxygen atoms in total. The lowest BCUT2D eigenvalue weighted by atomic mass is 9.87. The molecule has 20 heavy (non-hydrogen) atoms. The van der Waals surface area contributed by atoms with Crippen LogP contribution in [0.2, 0.25) is 0 Å². The molecule has 0 bridgehead atoms. The van der Waals surface area contributed by atoms with Crippen molar-refractivity contribution in [3.63, 3.8) is 0 Å². The summed E-state index contributed by atoms with van der Waals surface area (Å²) in [5.74, 6) is 1.65. The van der Waals surface area contributed by atoms with Gasteiger partial charge in [-0.1, -0.05) is 6.07 Å². The molecule has 1 fully saturated rings. The number of hydrogen-bond acceptors (Lipinski definition) is 4. The van der Waals surface area contributed by atoms with Gasteiger partial charge in [0.25, 0.3) is 0 Å². The fourth-order valence-corrected chi connectivity index (χ4v) is 3.15. The van der Waals surface area contributed by atoms with Crippen LogP contribution >= 0.6 is 0 Å². The smallest absolute Gasteiger partial charge is 0.161 e. The fraction of sp³-hybridized carbons (Fsp3) is 0.625. The van der Waals surface area contributed by atoms with Gasteiger partial charge in [0, 0.05) is 11.6 Å². The van der Waals surface area contributed by atoms with Crippen LogP contribution < -0.4 is 15.2 Å². The second-order valence-electron chi connectivity index (χ2n) is 6.23. The van der Waals surface area contributed by atoms with Crippen molar-refractivity contribution in [3.05, 3.63) is 23.8 Å². The predicted octanol–water partition coefficient (Wildman–Crippen LogP) is 2.33. The molecule has 0 saturated carbocycles. The van der Waals surface area contributed by atoms with Gasteiger partial charge in [0.05, 0.1) is 0 Å². The largest absolute Gasteiger partial charge is 0.486 e. The van der Waals surface area contributed by atoms with Gasteiger partial charge in [-0.3, -0.25) is 4.90 Å². The van der Waals surface area contributed by atoms with E-state index in [1.807, 2.05) is 12.1 Å². The molecular weight excluding hydrogens is 252 g/mol. The zero-order valence-corrected chi connectivity index (χ0v) is 12.4. The molecule has 0 aliphatic carbocycles. The first-order valence-corrected chi connectivity index (χ1v) is 7.49. The van der Waals surface area contributed by atoms with Crippen LogP contribution in [-0.2, 0) is 0 Å². The molecule has 0 radical (unpaired) electrons. The van der Waals surface area contributed by atoms with Crippen LogP contribution in [-0.4, -0.2) is 36.7 Å². The normalized spacial score (nSPS) is 20.9. The van der Waals surface area contributed by atoms with Crippen LogP contribution in [0.25, 0.3) is 0 Å². The van der Waals surface area contributed by atoms with Crippen LogP contribution in [0.15, 0.2) is 18.2 Å². The van der Waals surface area contributed by atoms with Crippen molar-refractivity contribution in [3.8, 4) is 11.5 Å². The summed E-state index contributed by atoms with van der Waals surface area (Å²) in [6.45, 7) is 8.00. The molecule has 0 spiro atoms. The van der Waals surface area contributed by atoms with E-state index in [1.54, 1.807) is 0 Å². The van der Waals surface area contributed by atoms with Crippen molar-refractivity contribution >= 4 is 0 Å². The van der Waals surface area contributed by atoms with Gasteiger partial charge in [-0.2, -0.15) is 0 Å². The minimum Gasteiger partial charge on any atom is -0.486 e. The third-order valence-electron chi connectivity index (χ3n) is 4.61. The number of nitrogens with zero attached hydrogens (tertiary/aromatic N) is 1. The predicted molar refractivity (Wildman–Crippen MR) is 79.2 cm³/mol. The Labute approximate surface area is 120 Å². The van der Waals surface area contributed by atoms with Gasteiger partial charge in [-0.05, 0) is 57.5 Å². The highest BCUT2D eigenvalue weighted by Crippen LogP contribution is 2.37. The van der Waals surface area contributed by atoms with Crippen molar-refractivity contribution in [2.24, 2.45) is 5.73 Å². The van der Waals surface area contributed by atoms with E-state index >= 15 is 0 Å². The van der Waals surface area contributed by atoms with Crippen LogP contribution in [0.3, 0.4) is 0 Å². The molecular formula is C16H24N2O2. The molecule has 0 aromatic heterocycles. The van der Waals surface area contributed by atoms with E-state index in [4.69, 9.17) is 15.2 Å². The van der Waals surface area contributed by atoms with Crippen molar-refractivity contribution < 1.29 is 9.47 Å². The lowest BCUT2D eigenvalue weighted by Gasteiger charge is -2.40. The number of likely N-dealkylation sites (tertiary alicyclic amines) is 1. The Morgan fingerprint density at radius 3 is 2.45 bits per heavy atom. The van der Waals surface area contributed by atoms with Gasteiger partial charge >= 0.3 is 0 Å². The summed E-state index contributed by atoms with van der Waals surface area (Å²) in [6.07, 6.45) is 2.55. The summed E-state index contributed by atoms with van der Waals surface area (Å²) in [4.78, 5) is 2.49. The highest BCUT2D eigenvalue weighted by molar-refractivity contribution is 5.45. The summed E-state index contributed by atoms with van der Waals surface area (Å²) >= 11 is 0. The molecule has 1 aromatic rings.